The number of fused-ring (bicyclic) bond motifs is 1. The van der Waals surface area contributed by atoms with Crippen molar-refractivity contribution in [3.63, 3.8) is 0 Å². The van der Waals surface area contributed by atoms with E-state index in [9.17, 15) is 18.0 Å². The zero-order chi connectivity index (χ0) is 22.1. The molecule has 0 atom stereocenters. The van der Waals surface area contributed by atoms with Gasteiger partial charge < -0.3 is 19.6 Å². The number of rotatable bonds is 6. The van der Waals surface area contributed by atoms with E-state index in [1.165, 1.54) is 24.3 Å². The summed E-state index contributed by atoms with van der Waals surface area (Å²) in [5, 5.41) is 0.224. The van der Waals surface area contributed by atoms with E-state index in [1.807, 2.05) is 0 Å². The number of benzene rings is 1. The Labute approximate surface area is 171 Å². The molecule has 0 spiro atoms. The van der Waals surface area contributed by atoms with Gasteiger partial charge in [-0.15, -0.1) is 0 Å². The third-order valence-electron chi connectivity index (χ3n) is 4.11. The van der Waals surface area contributed by atoms with Crippen LogP contribution in [-0.2, 0) is 25.9 Å². The molecule has 2 N–H and O–H groups in total. The van der Waals surface area contributed by atoms with Crippen LogP contribution in [0.1, 0.15) is 39.2 Å². The summed E-state index contributed by atoms with van der Waals surface area (Å²) in [5.74, 6) is -1.06. The van der Waals surface area contributed by atoms with Crippen LogP contribution in [0.25, 0.3) is 11.1 Å². The number of anilines is 1. The molecule has 0 radical (unpaired) electrons. The lowest BCUT2D eigenvalue weighted by atomic mass is 10.2. The second kappa shape index (κ2) is 8.11. The third-order valence-corrected chi connectivity index (χ3v) is 5.22. The maximum absolute atomic E-state index is 12.3. The molecule has 3 rings (SSSR count). The molecule has 11 heteroatoms. The smallest absolute Gasteiger partial charge is 0.342 e. The molecule has 30 heavy (non-hydrogen) atoms. The Morgan fingerprint density at radius 1 is 1.17 bits per heavy atom. The third kappa shape index (κ3) is 4.25. The normalized spacial score (nSPS) is 11.4. The highest BCUT2D eigenvalue weighted by Gasteiger charge is 2.24. The second-order valence-electron chi connectivity index (χ2n) is 6.34. The predicted molar refractivity (Wildman–Crippen MR) is 106 cm³/mol. The minimum absolute atomic E-state index is 0.00332. The molecule has 0 saturated carbocycles. The van der Waals surface area contributed by atoms with Crippen molar-refractivity contribution in [3.05, 3.63) is 47.0 Å². The Hall–Kier alpha value is -3.47. The second-order valence-corrected chi connectivity index (χ2v) is 8.35. The van der Waals surface area contributed by atoms with Gasteiger partial charge in [0.05, 0.1) is 22.5 Å². The van der Waals surface area contributed by atoms with E-state index in [0.29, 0.717) is 0 Å². The highest BCUT2D eigenvalue weighted by molar-refractivity contribution is 7.90. The number of nitrogen functional groups attached to an aromatic ring is 1. The molecule has 0 amide bonds. The van der Waals surface area contributed by atoms with Crippen LogP contribution in [0.5, 0.6) is 0 Å². The molecule has 10 nitrogen and oxygen atoms in total. The first-order valence-electron chi connectivity index (χ1n) is 8.81. The first kappa shape index (κ1) is 21.2. The van der Waals surface area contributed by atoms with Gasteiger partial charge in [0.1, 0.15) is 17.1 Å². The van der Waals surface area contributed by atoms with Crippen molar-refractivity contribution in [2.24, 2.45) is 0 Å². The van der Waals surface area contributed by atoms with Crippen molar-refractivity contribution in [1.29, 1.82) is 0 Å². The van der Waals surface area contributed by atoms with E-state index in [1.54, 1.807) is 13.8 Å². The molecule has 0 aliphatic carbocycles. The van der Waals surface area contributed by atoms with E-state index in [0.717, 1.165) is 6.26 Å². The van der Waals surface area contributed by atoms with Gasteiger partial charge in [0.2, 0.25) is 5.71 Å². The molecule has 0 bridgehead atoms. The van der Waals surface area contributed by atoms with Gasteiger partial charge >= 0.3 is 11.9 Å². The highest BCUT2D eigenvalue weighted by Crippen LogP contribution is 2.29. The number of hydrogen-bond donors (Lipinski definition) is 1. The summed E-state index contributed by atoms with van der Waals surface area (Å²) in [4.78, 5) is 32.6. The number of aromatic nitrogens is 2. The van der Waals surface area contributed by atoms with Crippen molar-refractivity contribution < 1.29 is 31.9 Å². The van der Waals surface area contributed by atoms with Crippen molar-refractivity contribution in [3.8, 4) is 0 Å². The van der Waals surface area contributed by atoms with Crippen molar-refractivity contribution >= 4 is 38.7 Å². The van der Waals surface area contributed by atoms with E-state index in [-0.39, 0.29) is 57.7 Å². The van der Waals surface area contributed by atoms with Crippen molar-refractivity contribution in [2.45, 2.75) is 25.3 Å². The summed E-state index contributed by atoms with van der Waals surface area (Å²) < 4.78 is 38.9. The zero-order valence-electron chi connectivity index (χ0n) is 16.5. The summed E-state index contributed by atoms with van der Waals surface area (Å²) in [6.07, 6.45) is 1.04. The Balaban J connectivity index is 1.84. The fraction of sp³-hybridized carbons (Fsp3) is 0.263. The fourth-order valence-corrected chi connectivity index (χ4v) is 3.43. The van der Waals surface area contributed by atoms with E-state index >= 15 is 0 Å². The minimum Gasteiger partial charge on any atom is -0.462 e. The van der Waals surface area contributed by atoms with Gasteiger partial charge in [-0.1, -0.05) is 6.07 Å². The first-order chi connectivity index (χ1) is 14.1. The number of carbonyl (C=O) groups excluding carboxylic acids is 2. The molecule has 158 valence electrons. The van der Waals surface area contributed by atoms with Gasteiger partial charge in [0.25, 0.3) is 0 Å². The Morgan fingerprint density at radius 3 is 2.57 bits per heavy atom. The number of nitrogens with zero attached hydrogens (tertiary/aromatic N) is 2. The summed E-state index contributed by atoms with van der Waals surface area (Å²) in [7, 11) is -3.47. The molecule has 2 heterocycles. The fourth-order valence-electron chi connectivity index (χ4n) is 2.76. The number of aryl methyl sites for hydroxylation is 1. The lowest BCUT2D eigenvalue weighted by Crippen LogP contribution is -2.10. The molecule has 0 aliphatic rings. The van der Waals surface area contributed by atoms with Crippen molar-refractivity contribution in [2.75, 3.05) is 18.6 Å². The van der Waals surface area contributed by atoms with Gasteiger partial charge in [0, 0.05) is 6.26 Å². The van der Waals surface area contributed by atoms with E-state index in [4.69, 9.17) is 19.6 Å². The minimum atomic E-state index is -3.47. The van der Waals surface area contributed by atoms with Crippen LogP contribution in [0.2, 0.25) is 0 Å². The van der Waals surface area contributed by atoms with Gasteiger partial charge in [-0.2, -0.15) is 4.98 Å². The monoisotopic (exact) mass is 433 g/mol. The Bertz CT molecular complexity index is 1250. The molecule has 0 aliphatic heterocycles. The van der Waals surface area contributed by atoms with E-state index < -0.39 is 21.8 Å². The number of furan rings is 1. The van der Waals surface area contributed by atoms with Crippen LogP contribution in [0, 0.1) is 6.92 Å². The average Bonchev–Trinajstić information content (AvgIpc) is 3.02. The van der Waals surface area contributed by atoms with Crippen LogP contribution in [0.4, 0.5) is 5.82 Å². The number of sulfone groups is 1. The highest BCUT2D eigenvalue weighted by atomic mass is 32.2. The SMILES string of the molecule is CCOC(=O)c1c(C)oc2nc(COC(=O)c3cccc(S(C)(=O)=O)c3)nc(N)c12. The zero-order valence-corrected chi connectivity index (χ0v) is 17.3. The van der Waals surface area contributed by atoms with Crippen LogP contribution < -0.4 is 5.73 Å². The van der Waals surface area contributed by atoms with Gasteiger partial charge in [-0.25, -0.2) is 23.0 Å². The lowest BCUT2D eigenvalue weighted by molar-refractivity contribution is 0.0461. The largest absolute Gasteiger partial charge is 0.462 e. The van der Waals surface area contributed by atoms with Gasteiger partial charge in [-0.3, -0.25) is 0 Å². The maximum Gasteiger partial charge on any atom is 0.342 e. The van der Waals surface area contributed by atoms with Crippen LogP contribution >= 0.6 is 0 Å². The summed E-state index contributed by atoms with van der Waals surface area (Å²) >= 11 is 0. The summed E-state index contributed by atoms with van der Waals surface area (Å²) in [5.41, 5.74) is 6.23. The molecule has 2 aromatic heterocycles. The maximum atomic E-state index is 12.3. The summed E-state index contributed by atoms with van der Waals surface area (Å²) in [6.45, 7) is 3.09. The number of carbonyl (C=O) groups is 2. The molecule has 1 aromatic carbocycles. The number of nitrogens with two attached hydrogens (primary N) is 1. The molecular formula is C19H19N3O7S. The quantitative estimate of drug-likeness (QED) is 0.572. The molecule has 0 saturated heterocycles. The first-order valence-corrected chi connectivity index (χ1v) is 10.7. The number of hydrogen-bond acceptors (Lipinski definition) is 10. The van der Waals surface area contributed by atoms with Crippen LogP contribution in [0.15, 0.2) is 33.6 Å². The Morgan fingerprint density at radius 2 is 1.90 bits per heavy atom. The molecule has 3 aromatic rings. The van der Waals surface area contributed by atoms with Crippen LogP contribution in [0.3, 0.4) is 0 Å². The standard InChI is InChI=1S/C19H19N3O7S/c1-4-27-19(24)14-10(2)29-17-15(14)16(20)21-13(22-17)9-28-18(23)11-6-5-7-12(8-11)30(3,25)26/h5-8H,4,9H2,1-3H3,(H2,20,21,22). The van der Waals surface area contributed by atoms with Crippen LogP contribution in [-0.4, -0.2) is 43.2 Å². The predicted octanol–water partition coefficient (Wildman–Crippen LogP) is 2.05. The Kier molecular flexibility index (Phi) is 5.74. The molecule has 0 unspecified atom stereocenters. The van der Waals surface area contributed by atoms with Gasteiger partial charge in [0.15, 0.2) is 22.3 Å². The topological polar surface area (TPSA) is 152 Å². The lowest BCUT2D eigenvalue weighted by Gasteiger charge is -2.06. The van der Waals surface area contributed by atoms with E-state index in [2.05, 4.69) is 9.97 Å². The molecular weight excluding hydrogens is 414 g/mol. The summed E-state index contributed by atoms with van der Waals surface area (Å²) in [6, 6.07) is 5.47. The number of esters is 2. The van der Waals surface area contributed by atoms with Gasteiger partial charge in [-0.05, 0) is 32.0 Å². The average molecular weight is 433 g/mol. The van der Waals surface area contributed by atoms with Crippen molar-refractivity contribution in [1.82, 2.24) is 9.97 Å². The number of ether oxygens (including phenoxy) is 2. The molecule has 0 fully saturated rings.